The summed E-state index contributed by atoms with van der Waals surface area (Å²) in [4.78, 5) is 12.7. The van der Waals surface area contributed by atoms with Crippen LogP contribution < -0.4 is 10.1 Å². The molecule has 2 heterocycles. The number of nitrogens with zero attached hydrogens (tertiary/aromatic N) is 3. The van der Waals surface area contributed by atoms with Crippen molar-refractivity contribution in [2.24, 2.45) is 0 Å². The van der Waals surface area contributed by atoms with E-state index in [0.717, 1.165) is 18.7 Å². The third-order valence-electron chi connectivity index (χ3n) is 3.21. The van der Waals surface area contributed by atoms with Crippen LogP contribution in [0.15, 0.2) is 24.4 Å². The van der Waals surface area contributed by atoms with Gasteiger partial charge in [-0.15, -0.1) is 5.10 Å². The quantitative estimate of drug-likeness (QED) is 0.858. The summed E-state index contributed by atoms with van der Waals surface area (Å²) in [7, 11) is 0. The van der Waals surface area contributed by atoms with Crippen molar-refractivity contribution in [2.45, 2.75) is 19.9 Å². The van der Waals surface area contributed by atoms with Crippen molar-refractivity contribution in [3.05, 3.63) is 35.7 Å². The van der Waals surface area contributed by atoms with Gasteiger partial charge in [0.15, 0.2) is 5.75 Å². The van der Waals surface area contributed by atoms with E-state index in [1.807, 2.05) is 19.1 Å². The van der Waals surface area contributed by atoms with Gasteiger partial charge in [0.2, 0.25) is 5.78 Å². The van der Waals surface area contributed by atoms with E-state index < -0.39 is 0 Å². The molecule has 0 atom stereocenters. The second-order valence-electron chi connectivity index (χ2n) is 4.63. The van der Waals surface area contributed by atoms with Gasteiger partial charge in [-0.3, -0.25) is 4.79 Å². The number of nitrogens with one attached hydrogen (secondary N) is 1. The van der Waals surface area contributed by atoms with Gasteiger partial charge in [-0.05, 0) is 18.6 Å². The monoisotopic (exact) mass is 272 g/mol. The molecule has 0 spiro atoms. The van der Waals surface area contributed by atoms with Crippen molar-refractivity contribution < 1.29 is 9.53 Å². The fourth-order valence-corrected chi connectivity index (χ4v) is 2.30. The zero-order valence-corrected chi connectivity index (χ0v) is 11.3. The Morgan fingerprint density at radius 2 is 2.40 bits per heavy atom. The molecule has 6 nitrogen and oxygen atoms in total. The molecule has 104 valence electrons. The molecule has 0 saturated heterocycles. The van der Waals surface area contributed by atoms with Gasteiger partial charge in [0.25, 0.3) is 0 Å². The molecule has 20 heavy (non-hydrogen) atoms. The first kappa shape index (κ1) is 12.7. The molecule has 1 aliphatic heterocycles. The standard InChI is InChI=1S/C14H16N4O2/c1-2-7-18-12(9-16-17-18)13(19)10-4-3-5-11-14(10)20-8-6-15-11/h3-5,9,15H,2,6-8H2,1H3. The van der Waals surface area contributed by atoms with Crippen LogP contribution in [0.2, 0.25) is 0 Å². The fraction of sp³-hybridized carbons (Fsp3) is 0.357. The highest BCUT2D eigenvalue weighted by Gasteiger charge is 2.22. The predicted molar refractivity (Wildman–Crippen MR) is 74.2 cm³/mol. The van der Waals surface area contributed by atoms with Crippen LogP contribution in [0.1, 0.15) is 29.4 Å². The number of anilines is 1. The molecule has 1 N–H and O–H groups in total. The fourth-order valence-electron chi connectivity index (χ4n) is 2.30. The van der Waals surface area contributed by atoms with Gasteiger partial charge >= 0.3 is 0 Å². The average molecular weight is 272 g/mol. The molecule has 0 aliphatic carbocycles. The lowest BCUT2D eigenvalue weighted by molar-refractivity contribution is 0.102. The number of rotatable bonds is 4. The average Bonchev–Trinajstić information content (AvgIpc) is 2.94. The summed E-state index contributed by atoms with van der Waals surface area (Å²) in [5, 5.41) is 11.0. The highest BCUT2D eigenvalue weighted by atomic mass is 16.5. The van der Waals surface area contributed by atoms with E-state index in [9.17, 15) is 4.79 Å². The predicted octanol–water partition coefficient (Wildman–Crippen LogP) is 1.72. The molecule has 0 fully saturated rings. The number of ether oxygens (including phenoxy) is 1. The number of fused-ring (bicyclic) bond motifs is 1. The second kappa shape index (κ2) is 5.32. The number of para-hydroxylation sites is 1. The van der Waals surface area contributed by atoms with Crippen molar-refractivity contribution in [1.29, 1.82) is 0 Å². The van der Waals surface area contributed by atoms with Crippen LogP contribution in [-0.4, -0.2) is 33.9 Å². The van der Waals surface area contributed by atoms with Crippen molar-refractivity contribution >= 4 is 11.5 Å². The third-order valence-corrected chi connectivity index (χ3v) is 3.21. The lowest BCUT2D eigenvalue weighted by atomic mass is 10.1. The maximum atomic E-state index is 12.7. The Bertz CT molecular complexity index is 636. The van der Waals surface area contributed by atoms with Crippen LogP contribution in [0.5, 0.6) is 5.75 Å². The van der Waals surface area contributed by atoms with Gasteiger partial charge in [0.05, 0.1) is 17.4 Å². The molecule has 2 aromatic rings. The summed E-state index contributed by atoms with van der Waals surface area (Å²) < 4.78 is 7.28. The van der Waals surface area contributed by atoms with Gasteiger partial charge in [0, 0.05) is 13.1 Å². The largest absolute Gasteiger partial charge is 0.489 e. The number of carbonyl (C=O) groups is 1. The van der Waals surface area contributed by atoms with Crippen molar-refractivity contribution in [3.63, 3.8) is 0 Å². The van der Waals surface area contributed by atoms with Gasteiger partial charge in [-0.25, -0.2) is 4.68 Å². The second-order valence-corrected chi connectivity index (χ2v) is 4.63. The Balaban J connectivity index is 2.00. The maximum absolute atomic E-state index is 12.7. The minimum Gasteiger partial charge on any atom is -0.489 e. The molecule has 6 heteroatoms. The van der Waals surface area contributed by atoms with Crippen molar-refractivity contribution in [1.82, 2.24) is 15.0 Å². The summed E-state index contributed by atoms with van der Waals surface area (Å²) in [5.74, 6) is 0.511. The molecule has 3 rings (SSSR count). The number of ketones is 1. The van der Waals surface area contributed by atoms with E-state index in [1.165, 1.54) is 6.20 Å². The molecule has 1 aromatic carbocycles. The zero-order valence-electron chi connectivity index (χ0n) is 11.3. The van der Waals surface area contributed by atoms with Crippen LogP contribution in [-0.2, 0) is 6.54 Å². The van der Waals surface area contributed by atoms with E-state index >= 15 is 0 Å². The van der Waals surface area contributed by atoms with Gasteiger partial charge in [-0.2, -0.15) is 0 Å². The Labute approximate surface area is 116 Å². The number of benzene rings is 1. The zero-order chi connectivity index (χ0) is 13.9. The molecule has 0 radical (unpaired) electrons. The van der Waals surface area contributed by atoms with Crippen LogP contribution >= 0.6 is 0 Å². The first-order chi connectivity index (χ1) is 9.81. The summed E-state index contributed by atoms with van der Waals surface area (Å²) >= 11 is 0. The topological polar surface area (TPSA) is 69.0 Å². The molecule has 0 saturated carbocycles. The van der Waals surface area contributed by atoms with Gasteiger partial charge < -0.3 is 10.1 Å². The van der Waals surface area contributed by atoms with Gasteiger partial charge in [-0.1, -0.05) is 18.2 Å². The lowest BCUT2D eigenvalue weighted by Crippen LogP contribution is -2.21. The van der Waals surface area contributed by atoms with E-state index in [1.54, 1.807) is 10.7 Å². The molecular formula is C14H16N4O2. The van der Waals surface area contributed by atoms with Gasteiger partial charge in [0.1, 0.15) is 12.3 Å². The van der Waals surface area contributed by atoms with Crippen LogP contribution in [0.25, 0.3) is 0 Å². The minimum atomic E-state index is -0.107. The Morgan fingerprint density at radius 3 is 3.25 bits per heavy atom. The third kappa shape index (κ3) is 2.13. The van der Waals surface area contributed by atoms with Crippen molar-refractivity contribution in [2.75, 3.05) is 18.5 Å². The summed E-state index contributed by atoms with van der Waals surface area (Å²) in [6.45, 7) is 4.02. The Morgan fingerprint density at radius 1 is 1.50 bits per heavy atom. The smallest absolute Gasteiger partial charge is 0.216 e. The van der Waals surface area contributed by atoms with E-state index in [2.05, 4.69) is 15.6 Å². The molecule has 1 aromatic heterocycles. The highest BCUT2D eigenvalue weighted by molar-refractivity contribution is 6.10. The Hall–Kier alpha value is -2.37. The number of hydrogen-bond acceptors (Lipinski definition) is 5. The minimum absolute atomic E-state index is 0.107. The number of aryl methyl sites for hydroxylation is 1. The van der Waals surface area contributed by atoms with Crippen LogP contribution in [0, 0.1) is 0 Å². The van der Waals surface area contributed by atoms with Crippen LogP contribution in [0.4, 0.5) is 5.69 Å². The SMILES string of the molecule is CCCn1nncc1C(=O)c1cccc2c1OCCN2. The lowest BCUT2D eigenvalue weighted by Gasteiger charge is -2.21. The van der Waals surface area contributed by atoms with E-state index in [-0.39, 0.29) is 5.78 Å². The Kier molecular flexibility index (Phi) is 3.37. The summed E-state index contributed by atoms with van der Waals surface area (Å²) in [5.41, 5.74) is 1.90. The van der Waals surface area contributed by atoms with E-state index in [4.69, 9.17) is 4.74 Å². The number of hydrogen-bond donors (Lipinski definition) is 1. The highest BCUT2D eigenvalue weighted by Crippen LogP contribution is 2.32. The van der Waals surface area contributed by atoms with Crippen molar-refractivity contribution in [3.8, 4) is 5.75 Å². The molecular weight excluding hydrogens is 256 g/mol. The summed E-state index contributed by atoms with van der Waals surface area (Å²) in [6.07, 6.45) is 2.40. The molecule has 0 amide bonds. The molecule has 1 aliphatic rings. The summed E-state index contributed by atoms with van der Waals surface area (Å²) in [6, 6.07) is 5.53. The normalized spacial score (nSPS) is 13.2. The maximum Gasteiger partial charge on any atom is 0.216 e. The first-order valence-electron chi connectivity index (χ1n) is 6.74. The van der Waals surface area contributed by atoms with Crippen LogP contribution in [0.3, 0.4) is 0 Å². The molecule has 0 bridgehead atoms. The van der Waals surface area contributed by atoms with E-state index in [0.29, 0.717) is 30.2 Å². The number of aromatic nitrogens is 3. The number of carbonyl (C=O) groups excluding carboxylic acids is 1. The first-order valence-corrected chi connectivity index (χ1v) is 6.74. The molecule has 0 unspecified atom stereocenters.